The summed E-state index contributed by atoms with van der Waals surface area (Å²) < 4.78 is 61.4. The highest BCUT2D eigenvalue weighted by atomic mass is 79.9. The van der Waals surface area contributed by atoms with E-state index in [0.717, 1.165) is 6.08 Å². The molecule has 6 nitrogen and oxygen atoms in total. The third kappa shape index (κ3) is 5.70. The smallest absolute Gasteiger partial charge is 0.418 e. The second-order valence-electron chi connectivity index (χ2n) is 5.53. The number of ether oxygens (including phenoxy) is 4. The average molecular weight is 476 g/mol. The number of esters is 1. The lowest BCUT2D eigenvalue weighted by Crippen LogP contribution is -2.13. The molecule has 0 amide bonds. The van der Waals surface area contributed by atoms with E-state index < -0.39 is 17.7 Å². The minimum atomic E-state index is -4.73. The minimum absolute atomic E-state index is 0.00974. The summed E-state index contributed by atoms with van der Waals surface area (Å²) in [7, 11) is 3.86. The van der Waals surface area contributed by atoms with Crippen molar-refractivity contribution in [3.8, 4) is 11.6 Å². The number of hydrogen-bond acceptors (Lipinski definition) is 6. The van der Waals surface area contributed by atoms with E-state index in [2.05, 4.69) is 25.7 Å². The highest BCUT2D eigenvalue weighted by molar-refractivity contribution is 9.10. The third-order valence-electron chi connectivity index (χ3n) is 3.66. The minimum Gasteiger partial charge on any atom is -0.481 e. The Morgan fingerprint density at radius 3 is 2.48 bits per heavy atom. The molecule has 1 aromatic heterocycles. The lowest BCUT2D eigenvalue weighted by atomic mass is 10.0. The van der Waals surface area contributed by atoms with Crippen molar-refractivity contribution in [3.05, 3.63) is 51.6 Å². The normalized spacial score (nSPS) is 11.9. The highest BCUT2D eigenvalue weighted by Gasteiger charge is 2.37. The fourth-order valence-electron chi connectivity index (χ4n) is 2.31. The number of carbonyl (C=O) groups excluding carboxylic acids is 1. The predicted molar refractivity (Wildman–Crippen MR) is 103 cm³/mol. The van der Waals surface area contributed by atoms with Crippen LogP contribution in [0.15, 0.2) is 34.8 Å². The molecule has 0 bridgehead atoms. The van der Waals surface area contributed by atoms with Gasteiger partial charge in [-0.3, -0.25) is 0 Å². The van der Waals surface area contributed by atoms with E-state index >= 15 is 0 Å². The number of hydrogen-bond donors (Lipinski definition) is 0. The van der Waals surface area contributed by atoms with Crippen molar-refractivity contribution < 1.29 is 36.9 Å². The van der Waals surface area contributed by atoms with Gasteiger partial charge in [0, 0.05) is 23.2 Å². The zero-order valence-corrected chi connectivity index (χ0v) is 17.3. The van der Waals surface area contributed by atoms with Crippen LogP contribution in [0, 0.1) is 0 Å². The Kier molecular flexibility index (Phi) is 7.63. The van der Waals surface area contributed by atoms with Crippen LogP contribution in [0.5, 0.6) is 11.6 Å². The fourth-order valence-corrected chi connectivity index (χ4v) is 2.75. The number of nitrogens with zero attached hydrogens (tertiary/aromatic N) is 1. The molecule has 0 radical (unpaired) electrons. The molecule has 1 heterocycles. The van der Waals surface area contributed by atoms with E-state index in [1.54, 1.807) is 0 Å². The van der Waals surface area contributed by atoms with E-state index in [1.165, 1.54) is 51.7 Å². The number of carbonyl (C=O) groups is 1. The summed E-state index contributed by atoms with van der Waals surface area (Å²) in [5.74, 6) is -0.623. The van der Waals surface area contributed by atoms with Crippen LogP contribution in [-0.2, 0) is 9.47 Å². The van der Waals surface area contributed by atoms with Crippen LogP contribution in [0.25, 0.3) is 11.6 Å². The van der Waals surface area contributed by atoms with Gasteiger partial charge in [0.25, 0.3) is 0 Å². The summed E-state index contributed by atoms with van der Waals surface area (Å²) in [6.45, 7) is -0.228. The Hall–Kier alpha value is -2.59. The predicted octanol–water partition coefficient (Wildman–Crippen LogP) is 4.72. The second kappa shape index (κ2) is 9.75. The molecule has 0 aliphatic rings. The first kappa shape index (κ1) is 22.7. The van der Waals surface area contributed by atoms with Crippen LogP contribution in [0.3, 0.4) is 0 Å². The lowest BCUT2D eigenvalue weighted by Gasteiger charge is -2.15. The van der Waals surface area contributed by atoms with E-state index in [4.69, 9.17) is 14.2 Å². The maximum absolute atomic E-state index is 13.8. The van der Waals surface area contributed by atoms with Crippen LogP contribution < -0.4 is 9.47 Å². The average Bonchev–Trinajstić information content (AvgIpc) is 2.70. The van der Waals surface area contributed by atoms with Gasteiger partial charge in [-0.05, 0) is 40.2 Å². The molecule has 0 unspecified atom stereocenters. The third-order valence-corrected chi connectivity index (χ3v) is 4.30. The molecule has 0 saturated carbocycles. The molecule has 2 aromatic rings. The van der Waals surface area contributed by atoms with Gasteiger partial charge < -0.3 is 18.9 Å². The summed E-state index contributed by atoms with van der Waals surface area (Å²) in [6, 6.07) is 6.76. The van der Waals surface area contributed by atoms with Crippen LogP contribution >= 0.6 is 15.9 Å². The number of aromatic nitrogens is 1. The van der Waals surface area contributed by atoms with Gasteiger partial charge in [0.2, 0.25) is 5.88 Å². The largest absolute Gasteiger partial charge is 0.481 e. The molecule has 2 rings (SSSR count). The van der Waals surface area contributed by atoms with Gasteiger partial charge in [-0.15, -0.1) is 0 Å². The Morgan fingerprint density at radius 1 is 1.17 bits per heavy atom. The molecule has 0 fully saturated rings. The quantitative estimate of drug-likeness (QED) is 0.426. The Labute approximate surface area is 173 Å². The molecule has 0 aliphatic carbocycles. The monoisotopic (exact) mass is 475 g/mol. The standard InChI is InChI=1S/C19H17BrF3NO5/c1-26-10-29-15-9-12(18(25)28-3)5-4-11(15)8-13(19(21,22)23)17-14(20)6-7-16(24-17)27-2/h4-9H,10H2,1-3H3/b13-8-. The maximum Gasteiger partial charge on any atom is 0.418 e. The van der Waals surface area contributed by atoms with Crippen LogP contribution in [0.1, 0.15) is 21.6 Å². The molecular weight excluding hydrogens is 459 g/mol. The number of halogens is 4. The summed E-state index contributed by atoms with van der Waals surface area (Å²) >= 11 is 3.10. The van der Waals surface area contributed by atoms with Crippen LogP contribution in [-0.4, -0.2) is 45.3 Å². The maximum atomic E-state index is 13.8. The van der Waals surface area contributed by atoms with Crippen molar-refractivity contribution in [1.82, 2.24) is 4.98 Å². The van der Waals surface area contributed by atoms with E-state index in [0.29, 0.717) is 0 Å². The summed E-state index contributed by atoms with van der Waals surface area (Å²) in [6.07, 6.45) is -3.86. The molecule has 0 spiro atoms. The van der Waals surface area contributed by atoms with Crippen molar-refractivity contribution in [3.63, 3.8) is 0 Å². The molecule has 156 valence electrons. The first-order valence-electron chi connectivity index (χ1n) is 8.05. The van der Waals surface area contributed by atoms with Gasteiger partial charge in [-0.1, -0.05) is 6.07 Å². The van der Waals surface area contributed by atoms with Crippen molar-refractivity contribution in [2.24, 2.45) is 0 Å². The number of alkyl halides is 3. The van der Waals surface area contributed by atoms with Crippen molar-refractivity contribution in [1.29, 1.82) is 0 Å². The summed E-state index contributed by atoms with van der Waals surface area (Å²) in [5.41, 5.74) is -1.20. The van der Waals surface area contributed by atoms with Gasteiger partial charge in [0.05, 0.1) is 31.1 Å². The SMILES string of the molecule is COCOc1cc(C(=O)OC)ccc1/C=C(/c1nc(OC)ccc1Br)C(F)(F)F. The van der Waals surface area contributed by atoms with Gasteiger partial charge in [-0.25, -0.2) is 9.78 Å². The molecule has 10 heteroatoms. The van der Waals surface area contributed by atoms with E-state index in [9.17, 15) is 18.0 Å². The van der Waals surface area contributed by atoms with Crippen molar-refractivity contribution in [2.75, 3.05) is 28.1 Å². The van der Waals surface area contributed by atoms with Gasteiger partial charge >= 0.3 is 12.1 Å². The van der Waals surface area contributed by atoms with Gasteiger partial charge in [0.1, 0.15) is 5.75 Å². The van der Waals surface area contributed by atoms with Crippen molar-refractivity contribution in [2.45, 2.75) is 6.18 Å². The topological polar surface area (TPSA) is 66.9 Å². The zero-order valence-electron chi connectivity index (χ0n) is 15.7. The first-order chi connectivity index (χ1) is 13.7. The lowest BCUT2D eigenvalue weighted by molar-refractivity contribution is -0.0686. The second-order valence-corrected chi connectivity index (χ2v) is 6.39. The number of allylic oxidation sites excluding steroid dienone is 1. The first-order valence-corrected chi connectivity index (χ1v) is 8.84. The molecule has 0 atom stereocenters. The van der Waals surface area contributed by atoms with Crippen molar-refractivity contribution >= 4 is 33.5 Å². The molecule has 0 N–H and O–H groups in total. The van der Waals surface area contributed by atoms with Crippen LogP contribution in [0.4, 0.5) is 13.2 Å². The Bertz CT molecular complexity index is 915. The van der Waals surface area contributed by atoms with Crippen LogP contribution in [0.2, 0.25) is 0 Å². The van der Waals surface area contributed by atoms with E-state index in [-0.39, 0.29) is 39.7 Å². The summed E-state index contributed by atoms with van der Waals surface area (Å²) in [4.78, 5) is 15.6. The number of benzene rings is 1. The molecule has 29 heavy (non-hydrogen) atoms. The Morgan fingerprint density at radius 2 is 1.90 bits per heavy atom. The number of rotatable bonds is 7. The Balaban J connectivity index is 2.66. The molecular formula is C19H17BrF3NO5. The number of methoxy groups -OCH3 is 3. The number of pyridine rings is 1. The van der Waals surface area contributed by atoms with Gasteiger partial charge in [-0.2, -0.15) is 13.2 Å². The fraction of sp³-hybridized carbons (Fsp3) is 0.263. The molecule has 0 aliphatic heterocycles. The molecule has 1 aromatic carbocycles. The highest BCUT2D eigenvalue weighted by Crippen LogP contribution is 2.39. The van der Waals surface area contributed by atoms with E-state index in [1.807, 2.05) is 0 Å². The zero-order chi connectivity index (χ0) is 21.6. The molecule has 0 saturated heterocycles. The summed E-state index contributed by atoms with van der Waals surface area (Å²) in [5, 5.41) is 0. The van der Waals surface area contributed by atoms with Gasteiger partial charge in [0.15, 0.2) is 6.79 Å².